The van der Waals surface area contributed by atoms with Crippen LogP contribution >= 0.6 is 9.90 Å². The molecule has 0 aromatic carbocycles. The minimum Gasteiger partial charge on any atom is -0.481 e. The average molecular weight is 316 g/mol. The Morgan fingerprint density at radius 2 is 1.19 bits per heavy atom. The van der Waals surface area contributed by atoms with Crippen molar-refractivity contribution >= 4 is 15.9 Å². The Kier molecular flexibility index (Phi) is 21.4. The highest BCUT2D eigenvalue weighted by Crippen LogP contribution is 2.09. The Labute approximate surface area is 135 Å². The number of hydrogen-bond acceptors (Lipinski definition) is 1. The maximum atomic E-state index is 10.3. The predicted octanol–water partition coefficient (Wildman–Crippen LogP) is 6.17. The van der Waals surface area contributed by atoms with Gasteiger partial charge in [0, 0.05) is 6.42 Å². The fourth-order valence-electron chi connectivity index (χ4n) is 2.35. The molecule has 1 N–H and O–H groups in total. The van der Waals surface area contributed by atoms with E-state index in [2.05, 4.69) is 19.1 Å². The molecule has 2 nitrogen and oxygen atoms in total. The van der Waals surface area contributed by atoms with E-state index >= 15 is 0 Å². The van der Waals surface area contributed by atoms with Crippen molar-refractivity contribution in [2.45, 2.75) is 96.8 Å². The van der Waals surface area contributed by atoms with Crippen LogP contribution in [0.4, 0.5) is 0 Å². The molecule has 1 atom stereocenters. The van der Waals surface area contributed by atoms with Gasteiger partial charge < -0.3 is 5.11 Å². The molecular formula is C18H37O2P. The van der Waals surface area contributed by atoms with Crippen LogP contribution in [-0.4, -0.2) is 11.1 Å². The van der Waals surface area contributed by atoms with Gasteiger partial charge in [0.15, 0.2) is 0 Å². The van der Waals surface area contributed by atoms with Gasteiger partial charge in [0.2, 0.25) is 0 Å². The molecule has 3 heteroatoms. The summed E-state index contributed by atoms with van der Waals surface area (Å²) < 4.78 is 0. The first-order valence-corrected chi connectivity index (χ1v) is 8.64. The van der Waals surface area contributed by atoms with E-state index in [1.807, 2.05) is 0 Å². The third-order valence-electron chi connectivity index (χ3n) is 3.65. The number of unbranched alkanes of at least 4 members (excludes halogenated alkanes) is 11. The zero-order chi connectivity index (χ0) is 14.9. The number of rotatable bonds is 15. The second-order valence-corrected chi connectivity index (χ2v) is 5.73. The van der Waals surface area contributed by atoms with E-state index in [4.69, 9.17) is 5.11 Å². The molecule has 0 saturated heterocycles. The smallest absolute Gasteiger partial charge is 0.303 e. The van der Waals surface area contributed by atoms with Crippen LogP contribution in [0.1, 0.15) is 96.8 Å². The maximum absolute atomic E-state index is 10.3. The topological polar surface area (TPSA) is 37.3 Å². The summed E-state index contributed by atoms with van der Waals surface area (Å²) in [6, 6.07) is 0. The number of hydrogen-bond donors (Lipinski definition) is 1. The highest BCUT2D eigenvalue weighted by molar-refractivity contribution is 6.92. The second-order valence-electron chi connectivity index (χ2n) is 5.73. The average Bonchev–Trinajstić information content (AvgIpc) is 2.43. The molecule has 0 amide bonds. The van der Waals surface area contributed by atoms with Gasteiger partial charge in [0.25, 0.3) is 0 Å². The highest BCUT2D eigenvalue weighted by Gasteiger charge is 1.95. The zero-order valence-electron chi connectivity index (χ0n) is 14.1. The lowest BCUT2D eigenvalue weighted by Gasteiger charge is -1.99. The first kappa shape index (κ1) is 22.9. The van der Waals surface area contributed by atoms with Crippen LogP contribution < -0.4 is 0 Å². The lowest BCUT2D eigenvalue weighted by molar-refractivity contribution is -0.137. The van der Waals surface area contributed by atoms with Crippen molar-refractivity contribution in [3.05, 3.63) is 12.2 Å². The molecule has 0 aliphatic heterocycles. The fraction of sp³-hybridized carbons (Fsp3) is 0.833. The highest BCUT2D eigenvalue weighted by atomic mass is 31.0. The lowest BCUT2D eigenvalue weighted by atomic mass is 10.1. The molecule has 126 valence electrons. The van der Waals surface area contributed by atoms with Crippen molar-refractivity contribution < 1.29 is 9.90 Å². The van der Waals surface area contributed by atoms with Gasteiger partial charge in [-0.15, -0.1) is 0 Å². The summed E-state index contributed by atoms with van der Waals surface area (Å²) in [5.74, 6) is -0.664. The van der Waals surface area contributed by atoms with Crippen molar-refractivity contribution in [2.24, 2.45) is 0 Å². The Morgan fingerprint density at radius 1 is 0.762 bits per heavy atom. The van der Waals surface area contributed by atoms with Crippen molar-refractivity contribution in [1.29, 1.82) is 0 Å². The second kappa shape index (κ2) is 19.6. The summed E-state index contributed by atoms with van der Waals surface area (Å²) in [5.41, 5.74) is 0. The summed E-state index contributed by atoms with van der Waals surface area (Å²) in [6.07, 6.45) is 21.2. The number of carboxylic acids is 1. The fourth-order valence-corrected chi connectivity index (χ4v) is 2.35. The van der Waals surface area contributed by atoms with Crippen LogP contribution in [0.25, 0.3) is 0 Å². The molecule has 0 aromatic rings. The summed E-state index contributed by atoms with van der Waals surface area (Å²) in [7, 11) is 0. The monoisotopic (exact) mass is 316 g/mol. The SMILES string of the molecule is CCCCCCCCC=CCCCCCCCC(=O)O.P. The van der Waals surface area contributed by atoms with Crippen molar-refractivity contribution in [1.82, 2.24) is 0 Å². The van der Waals surface area contributed by atoms with E-state index in [0.717, 1.165) is 12.8 Å². The van der Waals surface area contributed by atoms with Crippen LogP contribution in [-0.2, 0) is 4.79 Å². The number of aliphatic carboxylic acids is 1. The van der Waals surface area contributed by atoms with Gasteiger partial charge in [-0.1, -0.05) is 70.4 Å². The van der Waals surface area contributed by atoms with Gasteiger partial charge in [-0.3, -0.25) is 4.79 Å². The predicted molar refractivity (Wildman–Crippen MR) is 98.2 cm³/mol. The van der Waals surface area contributed by atoms with Gasteiger partial charge in [-0.2, -0.15) is 9.90 Å². The van der Waals surface area contributed by atoms with E-state index < -0.39 is 5.97 Å². The molecule has 21 heavy (non-hydrogen) atoms. The standard InChI is InChI=1S/C18H34O2.H3P/c1-2-3-4-5-6-7-8-9-10-11-12-13-14-15-16-17-18(19)20;/h9-10H,2-8,11-17H2,1H3,(H,19,20);1H3. The quantitative estimate of drug-likeness (QED) is 0.223. The molecule has 0 aromatic heterocycles. The minimum atomic E-state index is -0.664. The third-order valence-corrected chi connectivity index (χ3v) is 3.65. The summed E-state index contributed by atoms with van der Waals surface area (Å²) in [5, 5.41) is 8.51. The summed E-state index contributed by atoms with van der Waals surface area (Å²) in [6.45, 7) is 2.26. The zero-order valence-corrected chi connectivity index (χ0v) is 15.5. The normalized spacial score (nSPS) is 10.7. The molecule has 0 heterocycles. The molecular weight excluding hydrogens is 279 g/mol. The van der Waals surface area contributed by atoms with Gasteiger partial charge in [-0.05, 0) is 32.1 Å². The minimum absolute atomic E-state index is 0. The van der Waals surface area contributed by atoms with E-state index in [1.165, 1.54) is 70.6 Å². The summed E-state index contributed by atoms with van der Waals surface area (Å²) >= 11 is 0. The Morgan fingerprint density at radius 3 is 1.67 bits per heavy atom. The Bertz CT molecular complexity index is 239. The van der Waals surface area contributed by atoms with Crippen molar-refractivity contribution in [3.63, 3.8) is 0 Å². The molecule has 0 rings (SSSR count). The molecule has 1 unspecified atom stereocenters. The molecule has 0 fully saturated rings. The first-order valence-electron chi connectivity index (χ1n) is 8.64. The number of carboxylic acid groups (broad SMARTS) is 1. The summed E-state index contributed by atoms with van der Waals surface area (Å²) in [4.78, 5) is 10.3. The number of carbonyl (C=O) groups is 1. The lowest BCUT2D eigenvalue weighted by Crippen LogP contribution is -1.93. The first-order chi connectivity index (χ1) is 9.77. The molecule has 0 aliphatic carbocycles. The number of allylic oxidation sites excluding steroid dienone is 2. The van der Waals surface area contributed by atoms with Crippen LogP contribution in [0.15, 0.2) is 12.2 Å². The molecule has 0 saturated carbocycles. The van der Waals surface area contributed by atoms with Gasteiger partial charge >= 0.3 is 5.97 Å². The van der Waals surface area contributed by atoms with E-state index in [9.17, 15) is 4.79 Å². The Hall–Kier alpha value is -0.360. The van der Waals surface area contributed by atoms with E-state index in [0.29, 0.717) is 6.42 Å². The van der Waals surface area contributed by atoms with Crippen molar-refractivity contribution in [2.75, 3.05) is 0 Å². The van der Waals surface area contributed by atoms with Crippen LogP contribution in [0.5, 0.6) is 0 Å². The third kappa shape index (κ3) is 22.1. The molecule has 0 spiro atoms. The maximum Gasteiger partial charge on any atom is 0.303 e. The Balaban J connectivity index is 0. The van der Waals surface area contributed by atoms with Gasteiger partial charge in [0.05, 0.1) is 0 Å². The largest absolute Gasteiger partial charge is 0.481 e. The van der Waals surface area contributed by atoms with E-state index in [-0.39, 0.29) is 9.90 Å². The molecule has 0 bridgehead atoms. The van der Waals surface area contributed by atoms with Crippen LogP contribution in [0.2, 0.25) is 0 Å². The molecule has 0 radical (unpaired) electrons. The molecule has 0 aliphatic rings. The van der Waals surface area contributed by atoms with Crippen molar-refractivity contribution in [3.8, 4) is 0 Å². The van der Waals surface area contributed by atoms with E-state index in [1.54, 1.807) is 0 Å². The van der Waals surface area contributed by atoms with Crippen LogP contribution in [0.3, 0.4) is 0 Å². The van der Waals surface area contributed by atoms with Gasteiger partial charge in [0.1, 0.15) is 0 Å². The van der Waals surface area contributed by atoms with Gasteiger partial charge in [-0.25, -0.2) is 0 Å². The van der Waals surface area contributed by atoms with Crippen LogP contribution in [0, 0.1) is 0 Å².